The number of esters is 1. The summed E-state index contributed by atoms with van der Waals surface area (Å²) in [6, 6.07) is 18.6. The Morgan fingerprint density at radius 2 is 1.81 bits per heavy atom. The van der Waals surface area contributed by atoms with Crippen LogP contribution in [0.1, 0.15) is 22.8 Å². The third-order valence-electron chi connectivity index (χ3n) is 4.69. The Kier molecular flexibility index (Phi) is 4.04. The Bertz CT molecular complexity index is 1030. The number of halogens is 1. The molecule has 0 saturated heterocycles. The van der Waals surface area contributed by atoms with Crippen LogP contribution in [0, 0.1) is 0 Å². The minimum absolute atomic E-state index is 0.198. The molecule has 5 heteroatoms. The van der Waals surface area contributed by atoms with Gasteiger partial charge in [-0.2, -0.15) is 0 Å². The summed E-state index contributed by atoms with van der Waals surface area (Å²) in [6.45, 7) is 1.93. The Morgan fingerprint density at radius 1 is 1.08 bits per heavy atom. The third kappa shape index (κ3) is 2.35. The van der Waals surface area contributed by atoms with E-state index in [4.69, 9.17) is 4.74 Å². The van der Waals surface area contributed by atoms with Gasteiger partial charge in [-0.25, -0.2) is 4.79 Å². The lowest BCUT2D eigenvalue weighted by Gasteiger charge is -2.26. The molecule has 0 radical (unpaired) electrons. The van der Waals surface area contributed by atoms with Crippen LogP contribution >= 0.6 is 15.9 Å². The van der Waals surface area contributed by atoms with E-state index in [1.807, 2.05) is 42.5 Å². The molecule has 3 aromatic rings. The SMILES string of the molecule is CCOC(=O)[C@]1(c2ccc(Br)cc2)Nc2c(ccc3ccccc23)C1=O. The summed E-state index contributed by atoms with van der Waals surface area (Å²) >= 11 is 3.39. The van der Waals surface area contributed by atoms with E-state index >= 15 is 0 Å². The lowest BCUT2D eigenvalue weighted by molar-refractivity contribution is -0.146. The van der Waals surface area contributed by atoms with Crippen molar-refractivity contribution >= 4 is 44.1 Å². The summed E-state index contributed by atoms with van der Waals surface area (Å²) in [6.07, 6.45) is 0. The molecule has 0 saturated carbocycles. The number of hydrogen-bond acceptors (Lipinski definition) is 4. The summed E-state index contributed by atoms with van der Waals surface area (Å²) in [7, 11) is 0. The van der Waals surface area contributed by atoms with Crippen LogP contribution in [0.25, 0.3) is 10.8 Å². The molecule has 1 heterocycles. The number of hydrogen-bond donors (Lipinski definition) is 1. The van der Waals surface area contributed by atoms with E-state index in [0.717, 1.165) is 15.2 Å². The Morgan fingerprint density at radius 3 is 2.54 bits per heavy atom. The molecule has 0 bridgehead atoms. The molecule has 4 rings (SSSR count). The smallest absolute Gasteiger partial charge is 0.344 e. The van der Waals surface area contributed by atoms with Crippen LogP contribution in [0.15, 0.2) is 65.1 Å². The highest BCUT2D eigenvalue weighted by Gasteiger charge is 2.54. The van der Waals surface area contributed by atoms with Crippen LogP contribution in [-0.2, 0) is 15.1 Å². The Labute approximate surface area is 159 Å². The second-order valence-electron chi connectivity index (χ2n) is 6.14. The molecule has 0 fully saturated rings. The molecular formula is C21H16BrNO3. The number of Topliss-reactive ketones (excluding diaryl/α,β-unsaturated/α-hetero) is 1. The second kappa shape index (κ2) is 6.25. The van der Waals surface area contributed by atoms with Gasteiger partial charge in [0.05, 0.1) is 12.3 Å². The van der Waals surface area contributed by atoms with Crippen molar-refractivity contribution in [3.8, 4) is 0 Å². The van der Waals surface area contributed by atoms with Gasteiger partial charge in [-0.05, 0) is 36.1 Å². The number of fused-ring (bicyclic) bond motifs is 3. The van der Waals surface area contributed by atoms with Gasteiger partial charge in [0.15, 0.2) is 0 Å². The first-order valence-corrected chi connectivity index (χ1v) is 9.15. The first-order valence-electron chi connectivity index (χ1n) is 8.36. The topological polar surface area (TPSA) is 55.4 Å². The van der Waals surface area contributed by atoms with E-state index in [0.29, 0.717) is 16.8 Å². The molecule has 26 heavy (non-hydrogen) atoms. The number of ether oxygens (including phenoxy) is 1. The average Bonchev–Trinajstić information content (AvgIpc) is 2.97. The minimum atomic E-state index is -1.57. The summed E-state index contributed by atoms with van der Waals surface area (Å²) in [5.74, 6) is -0.883. The fourth-order valence-electron chi connectivity index (χ4n) is 3.45. The van der Waals surface area contributed by atoms with Gasteiger partial charge in [0.1, 0.15) is 0 Å². The van der Waals surface area contributed by atoms with E-state index < -0.39 is 11.5 Å². The van der Waals surface area contributed by atoms with Crippen molar-refractivity contribution in [2.24, 2.45) is 0 Å². The van der Waals surface area contributed by atoms with Gasteiger partial charge in [-0.15, -0.1) is 0 Å². The molecule has 4 nitrogen and oxygen atoms in total. The lowest BCUT2D eigenvalue weighted by atomic mass is 9.85. The lowest BCUT2D eigenvalue weighted by Crippen LogP contribution is -2.47. The first-order chi connectivity index (χ1) is 12.6. The zero-order chi connectivity index (χ0) is 18.3. The van der Waals surface area contributed by atoms with Crippen LogP contribution in [-0.4, -0.2) is 18.4 Å². The fraction of sp³-hybridized carbons (Fsp3) is 0.143. The maximum Gasteiger partial charge on any atom is 0.344 e. The maximum atomic E-state index is 13.4. The maximum absolute atomic E-state index is 13.4. The molecular weight excluding hydrogens is 394 g/mol. The minimum Gasteiger partial charge on any atom is -0.464 e. The fourth-order valence-corrected chi connectivity index (χ4v) is 3.71. The number of carbonyl (C=O) groups excluding carboxylic acids is 2. The molecule has 1 atom stereocenters. The van der Waals surface area contributed by atoms with Crippen molar-refractivity contribution in [3.05, 3.63) is 76.3 Å². The monoisotopic (exact) mass is 409 g/mol. The quantitative estimate of drug-likeness (QED) is 0.504. The molecule has 0 amide bonds. The molecule has 3 aromatic carbocycles. The molecule has 0 aliphatic carbocycles. The van der Waals surface area contributed by atoms with Crippen LogP contribution in [0.5, 0.6) is 0 Å². The Balaban J connectivity index is 1.95. The van der Waals surface area contributed by atoms with Crippen molar-refractivity contribution in [2.45, 2.75) is 12.5 Å². The van der Waals surface area contributed by atoms with Crippen molar-refractivity contribution in [3.63, 3.8) is 0 Å². The number of ketones is 1. The van der Waals surface area contributed by atoms with Gasteiger partial charge in [-0.3, -0.25) is 4.79 Å². The normalized spacial score (nSPS) is 18.5. The van der Waals surface area contributed by atoms with Crippen LogP contribution in [0.4, 0.5) is 5.69 Å². The van der Waals surface area contributed by atoms with Crippen molar-refractivity contribution < 1.29 is 14.3 Å². The zero-order valence-electron chi connectivity index (χ0n) is 14.1. The van der Waals surface area contributed by atoms with Gasteiger partial charge >= 0.3 is 5.97 Å². The summed E-state index contributed by atoms with van der Waals surface area (Å²) < 4.78 is 6.16. The molecule has 1 aliphatic rings. The van der Waals surface area contributed by atoms with Crippen molar-refractivity contribution in [2.75, 3.05) is 11.9 Å². The largest absolute Gasteiger partial charge is 0.464 e. The van der Waals surface area contributed by atoms with E-state index in [-0.39, 0.29) is 12.4 Å². The summed E-state index contributed by atoms with van der Waals surface area (Å²) in [4.78, 5) is 26.3. The van der Waals surface area contributed by atoms with E-state index in [1.54, 1.807) is 25.1 Å². The van der Waals surface area contributed by atoms with Gasteiger partial charge < -0.3 is 10.1 Å². The Hall–Kier alpha value is -2.66. The molecule has 1 N–H and O–H groups in total. The van der Waals surface area contributed by atoms with Gasteiger partial charge in [0, 0.05) is 15.4 Å². The van der Waals surface area contributed by atoms with Crippen LogP contribution < -0.4 is 5.32 Å². The van der Waals surface area contributed by atoms with E-state index in [1.165, 1.54) is 0 Å². The zero-order valence-corrected chi connectivity index (χ0v) is 15.7. The molecule has 0 unspecified atom stereocenters. The number of benzene rings is 3. The third-order valence-corrected chi connectivity index (χ3v) is 5.21. The highest BCUT2D eigenvalue weighted by molar-refractivity contribution is 9.10. The standard InChI is InChI=1S/C21H16BrNO3/c1-2-26-20(25)21(14-8-10-15(22)11-9-14)19(24)17-12-7-13-5-3-4-6-16(13)18(17)23-21/h3-12,23H,2H2,1H3/t21-/m1/s1. The highest BCUT2D eigenvalue weighted by atomic mass is 79.9. The average molecular weight is 410 g/mol. The molecule has 0 spiro atoms. The van der Waals surface area contributed by atoms with Crippen molar-refractivity contribution in [1.82, 2.24) is 0 Å². The van der Waals surface area contributed by atoms with E-state index in [2.05, 4.69) is 21.2 Å². The number of carbonyl (C=O) groups is 2. The summed E-state index contributed by atoms with van der Waals surface area (Å²) in [5.41, 5.74) is 0.163. The van der Waals surface area contributed by atoms with Gasteiger partial charge in [-0.1, -0.05) is 58.4 Å². The van der Waals surface area contributed by atoms with Crippen LogP contribution in [0.3, 0.4) is 0 Å². The summed E-state index contributed by atoms with van der Waals surface area (Å²) in [5, 5.41) is 5.13. The number of nitrogens with one attached hydrogen (secondary N) is 1. The molecule has 1 aliphatic heterocycles. The molecule has 130 valence electrons. The van der Waals surface area contributed by atoms with Crippen molar-refractivity contribution in [1.29, 1.82) is 0 Å². The van der Waals surface area contributed by atoms with Crippen LogP contribution in [0.2, 0.25) is 0 Å². The predicted octanol–water partition coefficient (Wildman–Crippen LogP) is 4.67. The van der Waals surface area contributed by atoms with E-state index in [9.17, 15) is 9.59 Å². The number of anilines is 1. The number of rotatable bonds is 3. The second-order valence-corrected chi connectivity index (χ2v) is 7.06. The molecule has 0 aromatic heterocycles. The van der Waals surface area contributed by atoms with Gasteiger partial charge in [0.25, 0.3) is 0 Å². The predicted molar refractivity (Wildman–Crippen MR) is 104 cm³/mol. The first kappa shape index (κ1) is 16.8. The van der Waals surface area contributed by atoms with Gasteiger partial charge in [0.2, 0.25) is 11.3 Å². The highest BCUT2D eigenvalue weighted by Crippen LogP contribution is 2.43.